The molecule has 4 aromatic carbocycles. The number of pyridine rings is 2. The molecule has 0 amide bonds. The molecule has 3 heterocycles. The maximum absolute atomic E-state index is 7.70. The lowest BCUT2D eigenvalue weighted by Crippen LogP contribution is -1.89. The zero-order valence-corrected chi connectivity index (χ0v) is 19.3. The van der Waals surface area contributed by atoms with Crippen LogP contribution in [0.3, 0.4) is 0 Å². The first kappa shape index (κ1) is 17.6. The van der Waals surface area contributed by atoms with Gasteiger partial charge in [-0.1, -0.05) is 78.9 Å². The van der Waals surface area contributed by atoms with Gasteiger partial charge in [0.05, 0.1) is 5.69 Å². The van der Waals surface area contributed by atoms with Crippen LogP contribution in [0.25, 0.3) is 66.4 Å². The summed E-state index contributed by atoms with van der Waals surface area (Å²) in [6.45, 7) is -2.30. The van der Waals surface area contributed by atoms with Crippen molar-refractivity contribution in [3.05, 3.63) is 121 Å². The summed E-state index contributed by atoms with van der Waals surface area (Å²) in [5.41, 5.74) is 7.10. The van der Waals surface area contributed by atoms with Gasteiger partial charge in [-0.2, -0.15) is 0 Å². The normalized spacial score (nSPS) is 13.1. The molecule has 0 fully saturated rings. The number of furan rings is 1. The highest BCUT2D eigenvalue weighted by Crippen LogP contribution is 2.38. The highest BCUT2D eigenvalue weighted by Gasteiger charge is 2.15. The number of benzene rings is 4. The van der Waals surface area contributed by atoms with Gasteiger partial charge in [0.1, 0.15) is 5.58 Å². The van der Waals surface area contributed by atoms with Crippen molar-refractivity contribution in [2.24, 2.45) is 0 Å². The quantitative estimate of drug-likeness (QED) is 0.262. The van der Waals surface area contributed by atoms with E-state index in [4.69, 9.17) is 8.53 Å². The third-order valence-corrected chi connectivity index (χ3v) is 6.72. The third kappa shape index (κ3) is 3.29. The first-order chi connectivity index (χ1) is 19.0. The fraction of sp³-hybridized carbons (Fsp3) is 0.0303. The number of rotatable bonds is 3. The highest BCUT2D eigenvalue weighted by molar-refractivity contribution is 6.09. The molecular weight excluding hydrogens is 440 g/mol. The van der Waals surface area contributed by atoms with Gasteiger partial charge < -0.3 is 4.42 Å². The molecule has 170 valence electrons. The number of fused-ring (bicyclic) bond motifs is 4. The van der Waals surface area contributed by atoms with Gasteiger partial charge in [-0.3, -0.25) is 4.98 Å². The second-order valence-corrected chi connectivity index (χ2v) is 8.84. The van der Waals surface area contributed by atoms with E-state index in [1.165, 1.54) is 21.9 Å². The molecule has 0 radical (unpaired) electrons. The minimum atomic E-state index is -2.30. The molecule has 0 spiro atoms. The maximum atomic E-state index is 7.70. The number of aromatic nitrogens is 2. The lowest BCUT2D eigenvalue weighted by atomic mass is 9.92. The van der Waals surface area contributed by atoms with Crippen LogP contribution in [0.15, 0.2) is 120 Å². The summed E-state index contributed by atoms with van der Waals surface area (Å²) in [6, 6.07) is 36.5. The van der Waals surface area contributed by atoms with Gasteiger partial charge in [-0.15, -0.1) is 0 Å². The van der Waals surface area contributed by atoms with Gasteiger partial charge in [0.15, 0.2) is 0 Å². The average Bonchev–Trinajstić information content (AvgIpc) is 3.35. The van der Waals surface area contributed by atoms with Crippen LogP contribution in [0.2, 0.25) is 0 Å². The molecule has 3 heteroatoms. The van der Waals surface area contributed by atoms with Gasteiger partial charge in [0.2, 0.25) is 5.71 Å². The summed E-state index contributed by atoms with van der Waals surface area (Å²) in [6.07, 6.45) is 1.82. The van der Waals surface area contributed by atoms with E-state index in [1.54, 1.807) is 12.1 Å². The van der Waals surface area contributed by atoms with E-state index in [0.717, 1.165) is 33.2 Å². The van der Waals surface area contributed by atoms with Gasteiger partial charge in [-0.05, 0) is 70.2 Å². The lowest BCUT2D eigenvalue weighted by Gasteiger charge is -2.13. The van der Waals surface area contributed by atoms with Crippen molar-refractivity contribution in [3.63, 3.8) is 0 Å². The average molecular weight is 466 g/mol. The van der Waals surface area contributed by atoms with Crippen LogP contribution in [0.5, 0.6) is 0 Å². The Balaban J connectivity index is 1.38. The number of hydrogen-bond donors (Lipinski definition) is 0. The first-order valence-corrected chi connectivity index (χ1v) is 11.8. The molecule has 0 aliphatic carbocycles. The smallest absolute Gasteiger partial charge is 0.227 e. The molecule has 3 aromatic heterocycles. The van der Waals surface area contributed by atoms with Crippen LogP contribution in [-0.2, 0) is 0 Å². The molecule has 7 rings (SSSR count). The molecular formula is C33H22N2O. The van der Waals surface area contributed by atoms with E-state index in [-0.39, 0.29) is 5.69 Å². The van der Waals surface area contributed by atoms with E-state index >= 15 is 0 Å². The van der Waals surface area contributed by atoms with Crippen LogP contribution < -0.4 is 0 Å². The van der Waals surface area contributed by atoms with Crippen molar-refractivity contribution in [2.75, 3.05) is 0 Å². The zero-order chi connectivity index (χ0) is 26.6. The van der Waals surface area contributed by atoms with Crippen molar-refractivity contribution in [2.45, 2.75) is 6.85 Å². The Kier molecular flexibility index (Phi) is 4.01. The summed E-state index contributed by atoms with van der Waals surface area (Å²) in [4.78, 5) is 8.99. The summed E-state index contributed by atoms with van der Waals surface area (Å²) in [5, 5.41) is 4.00. The zero-order valence-electron chi connectivity index (χ0n) is 22.3. The number of para-hydroxylation sites is 1. The van der Waals surface area contributed by atoms with Crippen molar-refractivity contribution in [1.29, 1.82) is 0 Å². The predicted molar refractivity (Wildman–Crippen MR) is 148 cm³/mol. The molecule has 0 saturated heterocycles. The molecule has 3 nitrogen and oxygen atoms in total. The Morgan fingerprint density at radius 3 is 2.17 bits per heavy atom. The lowest BCUT2D eigenvalue weighted by molar-refractivity contribution is 0.653. The third-order valence-electron chi connectivity index (χ3n) is 6.72. The van der Waals surface area contributed by atoms with E-state index in [2.05, 4.69) is 76.7 Å². The number of aryl methyl sites for hydroxylation is 1. The molecule has 0 atom stereocenters. The fourth-order valence-corrected chi connectivity index (χ4v) is 5.05. The molecule has 0 saturated carbocycles. The minimum absolute atomic E-state index is 0.0153. The molecule has 0 unspecified atom stereocenters. The van der Waals surface area contributed by atoms with Crippen LogP contribution in [-0.4, -0.2) is 9.97 Å². The van der Waals surface area contributed by atoms with Crippen LogP contribution in [0.1, 0.15) is 9.81 Å². The minimum Gasteiger partial charge on any atom is -0.437 e. The van der Waals surface area contributed by atoms with E-state index < -0.39 is 6.85 Å². The number of nitrogens with zero attached hydrogens (tertiary/aromatic N) is 2. The van der Waals surface area contributed by atoms with Crippen molar-refractivity contribution >= 4 is 32.8 Å². The predicted octanol–water partition coefficient (Wildman–Crippen LogP) is 8.84. The Morgan fingerprint density at radius 1 is 0.611 bits per heavy atom. The summed E-state index contributed by atoms with van der Waals surface area (Å²) in [7, 11) is 0. The van der Waals surface area contributed by atoms with E-state index in [1.807, 2.05) is 36.5 Å². The van der Waals surface area contributed by atoms with Crippen molar-refractivity contribution in [3.8, 4) is 33.5 Å². The topological polar surface area (TPSA) is 38.9 Å². The standard InChI is InChI=1S/C33H22N2O/c1-21-14-15-29-28-12-7-13-30(32(28)36-33(29)35-21)31-20-23(18-19-34-31)25-17-16-24(22-8-3-2-4-9-22)26-10-5-6-11-27(25)26/h2-20H,1H3/i1D3. The fourth-order valence-electron chi connectivity index (χ4n) is 5.05. The summed E-state index contributed by atoms with van der Waals surface area (Å²) in [5.74, 6) is 0. The Hall–Kier alpha value is -4.76. The van der Waals surface area contributed by atoms with Crippen molar-refractivity contribution < 1.29 is 8.53 Å². The molecule has 0 aliphatic heterocycles. The summed E-state index contributed by atoms with van der Waals surface area (Å²) >= 11 is 0. The second-order valence-electron chi connectivity index (χ2n) is 8.84. The van der Waals surface area contributed by atoms with E-state index in [9.17, 15) is 0 Å². The van der Waals surface area contributed by atoms with Gasteiger partial charge >= 0.3 is 0 Å². The van der Waals surface area contributed by atoms with Gasteiger partial charge in [-0.25, -0.2) is 4.98 Å². The Bertz CT molecular complexity index is 2010. The summed E-state index contributed by atoms with van der Waals surface area (Å²) < 4.78 is 29.3. The largest absolute Gasteiger partial charge is 0.437 e. The SMILES string of the molecule is [2H]C([2H])([2H])c1ccc2c(n1)oc1c(-c3cc(-c4ccc(-c5ccccc5)c5ccccc45)ccn3)cccc12. The molecule has 0 N–H and O–H groups in total. The monoisotopic (exact) mass is 465 g/mol. The van der Waals surface area contributed by atoms with Gasteiger partial charge in [0.25, 0.3) is 0 Å². The van der Waals surface area contributed by atoms with Crippen LogP contribution in [0, 0.1) is 6.85 Å². The second kappa shape index (κ2) is 8.17. The molecule has 0 bridgehead atoms. The van der Waals surface area contributed by atoms with Crippen molar-refractivity contribution in [1.82, 2.24) is 9.97 Å². The first-order valence-electron chi connectivity index (χ1n) is 13.3. The van der Waals surface area contributed by atoms with Gasteiger partial charge in [0, 0.05) is 32.3 Å². The highest BCUT2D eigenvalue weighted by atomic mass is 16.3. The Labute approximate surface area is 212 Å². The Morgan fingerprint density at radius 2 is 1.36 bits per heavy atom. The maximum Gasteiger partial charge on any atom is 0.227 e. The molecule has 0 aliphatic rings. The van der Waals surface area contributed by atoms with E-state index in [0.29, 0.717) is 11.3 Å². The molecule has 7 aromatic rings. The van der Waals surface area contributed by atoms with Crippen LogP contribution >= 0.6 is 0 Å². The van der Waals surface area contributed by atoms with Crippen LogP contribution in [0.4, 0.5) is 0 Å². The molecule has 36 heavy (non-hydrogen) atoms. The number of hydrogen-bond acceptors (Lipinski definition) is 3.